The van der Waals surface area contributed by atoms with Crippen molar-refractivity contribution in [2.24, 2.45) is 11.8 Å². The minimum absolute atomic E-state index is 0.134. The summed E-state index contributed by atoms with van der Waals surface area (Å²) in [5.41, 5.74) is 3.79. The summed E-state index contributed by atoms with van der Waals surface area (Å²) < 4.78 is 0. The second kappa shape index (κ2) is 6.48. The van der Waals surface area contributed by atoms with Gasteiger partial charge in [0.15, 0.2) is 0 Å². The molecule has 1 aromatic rings. The van der Waals surface area contributed by atoms with Crippen molar-refractivity contribution in [3.05, 3.63) is 24.3 Å². The quantitative estimate of drug-likeness (QED) is 0.553. The summed E-state index contributed by atoms with van der Waals surface area (Å²) in [4.78, 5) is 8.11. The van der Waals surface area contributed by atoms with Crippen LogP contribution in [-0.2, 0) is 0 Å². The van der Waals surface area contributed by atoms with Crippen LogP contribution in [0.5, 0.6) is 0 Å². The van der Waals surface area contributed by atoms with Crippen LogP contribution in [0.1, 0.15) is 44.8 Å². The highest BCUT2D eigenvalue weighted by atomic mass is 15.2. The van der Waals surface area contributed by atoms with Crippen molar-refractivity contribution >= 4 is 0 Å². The van der Waals surface area contributed by atoms with Gasteiger partial charge >= 0.3 is 0 Å². The topological polar surface area (TPSA) is 63.8 Å². The van der Waals surface area contributed by atoms with Crippen molar-refractivity contribution in [2.45, 2.75) is 39.2 Å². The van der Waals surface area contributed by atoms with Gasteiger partial charge in [0.05, 0.1) is 11.7 Å². The number of hydrogen-bond donors (Lipinski definition) is 2. The van der Waals surface area contributed by atoms with Gasteiger partial charge in [-0.3, -0.25) is 11.3 Å². The largest absolute Gasteiger partial charge is 0.271 e. The zero-order valence-corrected chi connectivity index (χ0v) is 9.48. The Labute approximate surface area is 91.3 Å². The van der Waals surface area contributed by atoms with Crippen LogP contribution in [0.4, 0.5) is 0 Å². The van der Waals surface area contributed by atoms with E-state index in [-0.39, 0.29) is 6.04 Å². The number of hydrogen-bond acceptors (Lipinski definition) is 4. The van der Waals surface area contributed by atoms with E-state index < -0.39 is 0 Å². The number of rotatable bonds is 6. The Kier molecular flexibility index (Phi) is 5.21. The van der Waals surface area contributed by atoms with Gasteiger partial charge in [0, 0.05) is 6.20 Å². The molecule has 1 heterocycles. The van der Waals surface area contributed by atoms with Crippen LogP contribution in [0.3, 0.4) is 0 Å². The lowest BCUT2D eigenvalue weighted by Crippen LogP contribution is -2.30. The van der Waals surface area contributed by atoms with Gasteiger partial charge in [-0.05, 0) is 18.4 Å². The van der Waals surface area contributed by atoms with E-state index in [4.69, 9.17) is 5.84 Å². The van der Waals surface area contributed by atoms with Crippen molar-refractivity contribution in [1.29, 1.82) is 0 Å². The molecular weight excluding hydrogens is 188 g/mol. The summed E-state index contributed by atoms with van der Waals surface area (Å²) in [6.45, 7) is 4.45. The molecule has 0 saturated heterocycles. The number of nitrogens with two attached hydrogens (primary N) is 1. The number of nitrogens with zero attached hydrogens (tertiary/aromatic N) is 2. The van der Waals surface area contributed by atoms with Crippen molar-refractivity contribution in [2.75, 3.05) is 0 Å². The minimum atomic E-state index is 0.134. The Bertz CT molecular complexity index is 263. The predicted octanol–water partition coefficient (Wildman–Crippen LogP) is 1.81. The van der Waals surface area contributed by atoms with E-state index in [9.17, 15) is 0 Å². The SMILES string of the molecule is CCCC(C)CC(NN)c1ccncn1. The maximum Gasteiger partial charge on any atom is 0.115 e. The highest BCUT2D eigenvalue weighted by Crippen LogP contribution is 2.21. The Morgan fingerprint density at radius 2 is 2.33 bits per heavy atom. The third kappa shape index (κ3) is 3.93. The zero-order chi connectivity index (χ0) is 11.1. The summed E-state index contributed by atoms with van der Waals surface area (Å²) in [6, 6.07) is 2.04. The maximum atomic E-state index is 5.54. The number of aromatic nitrogens is 2. The molecule has 2 atom stereocenters. The third-order valence-corrected chi connectivity index (χ3v) is 2.58. The molecule has 0 aliphatic carbocycles. The van der Waals surface area contributed by atoms with Crippen LogP contribution in [-0.4, -0.2) is 9.97 Å². The monoisotopic (exact) mass is 208 g/mol. The van der Waals surface area contributed by atoms with Gasteiger partial charge in [-0.2, -0.15) is 0 Å². The fourth-order valence-corrected chi connectivity index (χ4v) is 1.79. The van der Waals surface area contributed by atoms with E-state index in [1.165, 1.54) is 12.8 Å². The average molecular weight is 208 g/mol. The molecule has 0 amide bonds. The van der Waals surface area contributed by atoms with Gasteiger partial charge in [-0.1, -0.05) is 26.7 Å². The normalized spacial score (nSPS) is 14.9. The summed E-state index contributed by atoms with van der Waals surface area (Å²) in [6.07, 6.45) is 6.76. The lowest BCUT2D eigenvalue weighted by atomic mass is 9.96. The van der Waals surface area contributed by atoms with E-state index in [0.717, 1.165) is 12.1 Å². The summed E-state index contributed by atoms with van der Waals surface area (Å²) in [7, 11) is 0. The van der Waals surface area contributed by atoms with Gasteiger partial charge in [0.25, 0.3) is 0 Å². The molecule has 4 heteroatoms. The summed E-state index contributed by atoms with van der Waals surface area (Å²) >= 11 is 0. The van der Waals surface area contributed by atoms with Crippen LogP contribution >= 0.6 is 0 Å². The smallest absolute Gasteiger partial charge is 0.115 e. The Balaban J connectivity index is 2.56. The predicted molar refractivity (Wildman–Crippen MR) is 60.8 cm³/mol. The number of hydrazine groups is 1. The molecule has 0 aliphatic heterocycles. The maximum absolute atomic E-state index is 5.54. The first kappa shape index (κ1) is 12.1. The fraction of sp³-hybridized carbons (Fsp3) is 0.636. The van der Waals surface area contributed by atoms with Gasteiger partial charge < -0.3 is 0 Å². The van der Waals surface area contributed by atoms with Gasteiger partial charge in [-0.25, -0.2) is 9.97 Å². The standard InChI is InChI=1S/C11H20N4/c1-3-4-9(2)7-11(15-12)10-5-6-13-8-14-10/h5-6,8-9,11,15H,3-4,7,12H2,1-2H3. The zero-order valence-electron chi connectivity index (χ0n) is 9.48. The molecule has 0 spiro atoms. The molecule has 84 valence electrons. The van der Waals surface area contributed by atoms with Gasteiger partial charge in [-0.15, -0.1) is 0 Å². The molecule has 3 N–H and O–H groups in total. The van der Waals surface area contributed by atoms with Gasteiger partial charge in [0.1, 0.15) is 6.33 Å². The molecule has 0 aromatic carbocycles. The first-order valence-electron chi connectivity index (χ1n) is 5.50. The molecular formula is C11H20N4. The fourth-order valence-electron chi connectivity index (χ4n) is 1.79. The molecule has 15 heavy (non-hydrogen) atoms. The van der Waals surface area contributed by atoms with E-state index in [1.54, 1.807) is 12.5 Å². The summed E-state index contributed by atoms with van der Waals surface area (Å²) in [5.74, 6) is 6.20. The molecule has 1 rings (SSSR count). The Morgan fingerprint density at radius 3 is 2.87 bits per heavy atom. The van der Waals surface area contributed by atoms with Crippen LogP contribution in [0.25, 0.3) is 0 Å². The van der Waals surface area contributed by atoms with Crippen LogP contribution in [0.15, 0.2) is 18.6 Å². The van der Waals surface area contributed by atoms with E-state index in [1.807, 2.05) is 6.07 Å². The summed E-state index contributed by atoms with van der Waals surface area (Å²) in [5, 5.41) is 0. The molecule has 1 aromatic heterocycles. The van der Waals surface area contributed by atoms with Crippen molar-refractivity contribution in [3.8, 4) is 0 Å². The lowest BCUT2D eigenvalue weighted by molar-refractivity contribution is 0.389. The molecule has 0 aliphatic rings. The second-order valence-electron chi connectivity index (χ2n) is 3.98. The average Bonchev–Trinajstić information content (AvgIpc) is 2.27. The molecule has 0 saturated carbocycles. The first-order chi connectivity index (χ1) is 7.27. The number of nitrogens with one attached hydrogen (secondary N) is 1. The van der Waals surface area contributed by atoms with Crippen molar-refractivity contribution < 1.29 is 0 Å². The van der Waals surface area contributed by atoms with Crippen molar-refractivity contribution in [3.63, 3.8) is 0 Å². The van der Waals surface area contributed by atoms with Crippen molar-refractivity contribution in [1.82, 2.24) is 15.4 Å². The minimum Gasteiger partial charge on any atom is -0.271 e. The molecule has 0 radical (unpaired) electrons. The van der Waals surface area contributed by atoms with E-state index >= 15 is 0 Å². The molecule has 0 bridgehead atoms. The van der Waals surface area contributed by atoms with Crippen LogP contribution in [0.2, 0.25) is 0 Å². The van der Waals surface area contributed by atoms with Gasteiger partial charge in [0.2, 0.25) is 0 Å². The van der Waals surface area contributed by atoms with E-state index in [0.29, 0.717) is 5.92 Å². The molecule has 2 unspecified atom stereocenters. The molecule has 0 fully saturated rings. The van der Waals surface area contributed by atoms with E-state index in [2.05, 4.69) is 29.2 Å². The third-order valence-electron chi connectivity index (χ3n) is 2.58. The first-order valence-corrected chi connectivity index (χ1v) is 5.50. The highest BCUT2D eigenvalue weighted by molar-refractivity contribution is 5.04. The second-order valence-corrected chi connectivity index (χ2v) is 3.98. The Hall–Kier alpha value is -1.00. The Morgan fingerprint density at radius 1 is 1.53 bits per heavy atom. The van der Waals surface area contributed by atoms with Crippen LogP contribution in [0, 0.1) is 5.92 Å². The molecule has 4 nitrogen and oxygen atoms in total. The van der Waals surface area contributed by atoms with Crippen LogP contribution < -0.4 is 11.3 Å². The lowest BCUT2D eigenvalue weighted by Gasteiger charge is -2.19. The highest BCUT2D eigenvalue weighted by Gasteiger charge is 2.14.